The fourth-order valence-electron chi connectivity index (χ4n) is 2.63. The molecule has 0 fully saturated rings. The third kappa shape index (κ3) is 8.19. The van der Waals surface area contributed by atoms with Crippen LogP contribution < -0.4 is 11.1 Å². The van der Waals surface area contributed by atoms with Gasteiger partial charge in [-0.2, -0.15) is 0 Å². The fourth-order valence-corrected chi connectivity index (χ4v) is 2.84. The van der Waals surface area contributed by atoms with Crippen molar-refractivity contribution in [3.63, 3.8) is 0 Å². The Hall–Kier alpha value is -1.59. The first kappa shape index (κ1) is 22.5. The lowest BCUT2D eigenvalue weighted by atomic mass is 10.1. The molecule has 26 heavy (non-hydrogen) atoms. The summed E-state index contributed by atoms with van der Waals surface area (Å²) in [6.07, 6.45) is 1.42. The SMILES string of the molecule is Cl.NCCN(CCC(=O)NCc1ccccc1Cl)CCc1ccccc1. The Bertz CT molecular complexity index is 653. The van der Waals surface area contributed by atoms with Crippen LogP contribution in [0.1, 0.15) is 17.5 Å². The third-order valence-electron chi connectivity index (χ3n) is 4.09. The smallest absolute Gasteiger partial charge is 0.221 e. The number of carbonyl (C=O) groups excluding carboxylic acids is 1. The first-order valence-electron chi connectivity index (χ1n) is 8.65. The van der Waals surface area contributed by atoms with Crippen molar-refractivity contribution >= 4 is 29.9 Å². The molecule has 3 N–H and O–H groups in total. The molecule has 2 aromatic rings. The molecule has 6 heteroatoms. The van der Waals surface area contributed by atoms with Gasteiger partial charge in [-0.25, -0.2) is 0 Å². The minimum Gasteiger partial charge on any atom is -0.352 e. The maximum absolute atomic E-state index is 12.1. The summed E-state index contributed by atoms with van der Waals surface area (Å²) < 4.78 is 0. The largest absolute Gasteiger partial charge is 0.352 e. The molecule has 2 aromatic carbocycles. The molecule has 0 spiro atoms. The Morgan fingerprint density at radius 1 is 1.00 bits per heavy atom. The molecule has 4 nitrogen and oxygen atoms in total. The van der Waals surface area contributed by atoms with Crippen molar-refractivity contribution in [2.45, 2.75) is 19.4 Å². The Labute approximate surface area is 167 Å². The molecule has 0 heterocycles. The molecule has 142 valence electrons. The highest BCUT2D eigenvalue weighted by molar-refractivity contribution is 6.31. The quantitative estimate of drug-likeness (QED) is 0.648. The molecule has 0 radical (unpaired) electrons. The van der Waals surface area contributed by atoms with Gasteiger partial charge < -0.3 is 16.0 Å². The number of hydrogen-bond donors (Lipinski definition) is 2. The van der Waals surface area contributed by atoms with Gasteiger partial charge in [0.1, 0.15) is 0 Å². The van der Waals surface area contributed by atoms with Gasteiger partial charge >= 0.3 is 0 Å². The summed E-state index contributed by atoms with van der Waals surface area (Å²) in [7, 11) is 0. The number of nitrogens with two attached hydrogens (primary N) is 1. The summed E-state index contributed by atoms with van der Waals surface area (Å²) in [6.45, 7) is 3.46. The van der Waals surface area contributed by atoms with Gasteiger partial charge in [0.2, 0.25) is 5.91 Å². The maximum atomic E-state index is 12.1. The summed E-state index contributed by atoms with van der Waals surface area (Å²) >= 11 is 6.10. The monoisotopic (exact) mass is 395 g/mol. The first-order chi connectivity index (χ1) is 12.2. The third-order valence-corrected chi connectivity index (χ3v) is 4.46. The van der Waals surface area contributed by atoms with E-state index in [1.54, 1.807) is 0 Å². The van der Waals surface area contributed by atoms with Gasteiger partial charge in [-0.1, -0.05) is 60.1 Å². The van der Waals surface area contributed by atoms with Crippen LogP contribution in [0.2, 0.25) is 5.02 Å². The van der Waals surface area contributed by atoms with Crippen molar-refractivity contribution in [3.05, 3.63) is 70.7 Å². The number of rotatable bonds is 10. The van der Waals surface area contributed by atoms with Crippen molar-refractivity contribution < 1.29 is 4.79 Å². The van der Waals surface area contributed by atoms with Crippen molar-refractivity contribution in [1.29, 1.82) is 0 Å². The molecular weight excluding hydrogens is 369 g/mol. The van der Waals surface area contributed by atoms with E-state index in [2.05, 4.69) is 22.3 Å². The molecule has 0 aliphatic heterocycles. The Morgan fingerprint density at radius 2 is 1.69 bits per heavy atom. The zero-order chi connectivity index (χ0) is 17.9. The molecule has 1 amide bonds. The summed E-state index contributed by atoms with van der Waals surface area (Å²) in [6, 6.07) is 17.9. The molecule has 0 aliphatic rings. The van der Waals surface area contributed by atoms with Crippen LogP contribution in [0, 0.1) is 0 Å². The lowest BCUT2D eigenvalue weighted by Gasteiger charge is -2.21. The van der Waals surface area contributed by atoms with E-state index >= 15 is 0 Å². The van der Waals surface area contributed by atoms with Crippen molar-refractivity contribution in [1.82, 2.24) is 10.2 Å². The molecule has 0 aromatic heterocycles. The van der Waals surface area contributed by atoms with Gasteiger partial charge in [0, 0.05) is 44.2 Å². The topological polar surface area (TPSA) is 58.4 Å². The molecule has 0 atom stereocenters. The fraction of sp³-hybridized carbons (Fsp3) is 0.350. The van der Waals surface area contributed by atoms with E-state index in [1.165, 1.54) is 5.56 Å². The van der Waals surface area contributed by atoms with E-state index in [0.29, 0.717) is 31.1 Å². The molecule has 0 saturated heterocycles. The second-order valence-corrected chi connectivity index (χ2v) is 6.39. The number of amides is 1. The zero-order valence-corrected chi connectivity index (χ0v) is 16.4. The van der Waals surface area contributed by atoms with E-state index in [9.17, 15) is 4.79 Å². The summed E-state index contributed by atoms with van der Waals surface area (Å²) in [5, 5.41) is 3.61. The number of carbonyl (C=O) groups is 1. The van der Waals surface area contributed by atoms with E-state index in [-0.39, 0.29) is 18.3 Å². The maximum Gasteiger partial charge on any atom is 0.221 e. The first-order valence-corrected chi connectivity index (χ1v) is 9.03. The van der Waals surface area contributed by atoms with Crippen LogP contribution in [-0.2, 0) is 17.8 Å². The molecule has 0 saturated carbocycles. The lowest BCUT2D eigenvalue weighted by molar-refractivity contribution is -0.121. The van der Waals surface area contributed by atoms with Crippen molar-refractivity contribution in [3.8, 4) is 0 Å². The molecule has 0 bridgehead atoms. The number of nitrogens with one attached hydrogen (secondary N) is 1. The lowest BCUT2D eigenvalue weighted by Crippen LogP contribution is -2.35. The number of hydrogen-bond acceptors (Lipinski definition) is 3. The minimum atomic E-state index is 0. The molecule has 0 aliphatic carbocycles. The average Bonchev–Trinajstić information content (AvgIpc) is 2.64. The number of nitrogens with zero attached hydrogens (tertiary/aromatic N) is 1. The van der Waals surface area contributed by atoms with Gasteiger partial charge in [-0.15, -0.1) is 12.4 Å². The standard InChI is InChI=1S/C20H26ClN3O.ClH/c21-19-9-5-4-8-18(19)16-23-20(25)11-14-24(15-12-22)13-10-17-6-2-1-3-7-17;/h1-9H,10-16,22H2,(H,23,25);1H. The van der Waals surface area contributed by atoms with Crippen molar-refractivity contribution in [2.75, 3.05) is 26.2 Å². The van der Waals surface area contributed by atoms with Gasteiger partial charge in [0.15, 0.2) is 0 Å². The van der Waals surface area contributed by atoms with Crippen LogP contribution >= 0.6 is 24.0 Å². The minimum absolute atomic E-state index is 0. The Balaban J connectivity index is 0.00000338. The van der Waals surface area contributed by atoms with Gasteiger partial charge in [0.05, 0.1) is 0 Å². The summed E-state index contributed by atoms with van der Waals surface area (Å²) in [4.78, 5) is 14.3. The normalized spacial score (nSPS) is 10.4. The predicted molar refractivity (Wildman–Crippen MR) is 111 cm³/mol. The van der Waals surface area contributed by atoms with E-state index in [1.807, 2.05) is 42.5 Å². The summed E-state index contributed by atoms with van der Waals surface area (Å²) in [5.74, 6) is 0.0293. The van der Waals surface area contributed by atoms with Crippen LogP contribution in [0.25, 0.3) is 0 Å². The predicted octanol–water partition coefficient (Wildman–Crippen LogP) is 3.27. The molecular formula is C20H27Cl2N3O. The highest BCUT2D eigenvalue weighted by atomic mass is 35.5. The van der Waals surface area contributed by atoms with E-state index in [4.69, 9.17) is 17.3 Å². The van der Waals surface area contributed by atoms with Crippen LogP contribution in [-0.4, -0.2) is 37.0 Å². The highest BCUT2D eigenvalue weighted by Crippen LogP contribution is 2.14. The number of benzene rings is 2. The number of halogens is 2. The Kier molecular flexibility index (Phi) is 11.0. The molecule has 0 unspecified atom stereocenters. The zero-order valence-electron chi connectivity index (χ0n) is 14.9. The second-order valence-electron chi connectivity index (χ2n) is 5.98. The second kappa shape index (κ2) is 12.7. The van der Waals surface area contributed by atoms with E-state index < -0.39 is 0 Å². The van der Waals surface area contributed by atoms with E-state index in [0.717, 1.165) is 25.1 Å². The van der Waals surface area contributed by atoms with Crippen LogP contribution in [0.4, 0.5) is 0 Å². The highest BCUT2D eigenvalue weighted by Gasteiger charge is 2.09. The summed E-state index contributed by atoms with van der Waals surface area (Å²) in [5.41, 5.74) is 7.93. The average molecular weight is 396 g/mol. The van der Waals surface area contributed by atoms with Crippen molar-refractivity contribution in [2.24, 2.45) is 5.73 Å². The van der Waals surface area contributed by atoms with Gasteiger partial charge in [0.25, 0.3) is 0 Å². The van der Waals surface area contributed by atoms with Crippen LogP contribution in [0.5, 0.6) is 0 Å². The molecule has 2 rings (SSSR count). The van der Waals surface area contributed by atoms with Crippen LogP contribution in [0.15, 0.2) is 54.6 Å². The van der Waals surface area contributed by atoms with Gasteiger partial charge in [-0.3, -0.25) is 4.79 Å². The van der Waals surface area contributed by atoms with Crippen LogP contribution in [0.3, 0.4) is 0 Å². The Morgan fingerprint density at radius 3 is 2.38 bits per heavy atom. The van der Waals surface area contributed by atoms with Gasteiger partial charge in [-0.05, 0) is 23.6 Å².